The van der Waals surface area contributed by atoms with E-state index in [1.807, 2.05) is 45.0 Å². The predicted molar refractivity (Wildman–Crippen MR) is 77.9 cm³/mol. The molecule has 0 aromatic heterocycles. The Bertz CT molecular complexity index is 471. The maximum Gasteiger partial charge on any atom is 0.329 e. The normalized spacial score (nSPS) is 17.4. The van der Waals surface area contributed by atoms with Gasteiger partial charge in [0.2, 0.25) is 0 Å². The monoisotopic (exact) mass is 277 g/mol. The lowest BCUT2D eigenvalue weighted by Gasteiger charge is -2.28. The van der Waals surface area contributed by atoms with E-state index in [-0.39, 0.29) is 12.6 Å². The van der Waals surface area contributed by atoms with Crippen molar-refractivity contribution in [2.24, 2.45) is 0 Å². The van der Waals surface area contributed by atoms with Gasteiger partial charge in [0, 0.05) is 6.04 Å². The molecule has 0 spiro atoms. The summed E-state index contributed by atoms with van der Waals surface area (Å²) in [6.07, 6.45) is 2.22. The molecule has 0 amide bonds. The fourth-order valence-corrected chi connectivity index (χ4v) is 2.06. The number of benzene rings is 1. The molecule has 1 aromatic carbocycles. The van der Waals surface area contributed by atoms with Crippen LogP contribution in [-0.4, -0.2) is 30.8 Å². The first-order valence-corrected chi connectivity index (χ1v) is 7.18. The maximum absolute atomic E-state index is 12.2. The van der Waals surface area contributed by atoms with Gasteiger partial charge in [-0.05, 0) is 51.3 Å². The third-order valence-electron chi connectivity index (χ3n) is 3.34. The zero-order valence-corrected chi connectivity index (χ0v) is 12.4. The summed E-state index contributed by atoms with van der Waals surface area (Å²) in [6, 6.07) is 8.23. The minimum absolute atomic E-state index is 0.250. The molecule has 0 bridgehead atoms. The van der Waals surface area contributed by atoms with E-state index in [4.69, 9.17) is 9.47 Å². The van der Waals surface area contributed by atoms with Gasteiger partial charge in [-0.25, -0.2) is 4.79 Å². The molecule has 4 nitrogen and oxygen atoms in total. The first-order valence-electron chi connectivity index (χ1n) is 7.18. The van der Waals surface area contributed by atoms with E-state index in [2.05, 4.69) is 5.32 Å². The number of rotatable bonds is 7. The van der Waals surface area contributed by atoms with E-state index >= 15 is 0 Å². The predicted octanol–water partition coefficient (Wildman–Crippen LogP) is 2.45. The second kappa shape index (κ2) is 6.27. The third-order valence-corrected chi connectivity index (χ3v) is 3.34. The summed E-state index contributed by atoms with van der Waals surface area (Å²) >= 11 is 0. The molecule has 0 heterocycles. The van der Waals surface area contributed by atoms with Crippen LogP contribution in [0.15, 0.2) is 24.3 Å². The SMILES string of the molecule is CCOC(=O)C(C)(COc1cccc(C)c1)NC1CC1. The standard InChI is InChI=1S/C16H23NO3/c1-4-19-15(18)16(3,17-13-8-9-13)11-20-14-7-5-6-12(2)10-14/h5-7,10,13,17H,4,8-9,11H2,1-3H3. The maximum atomic E-state index is 12.2. The Morgan fingerprint density at radius 2 is 2.20 bits per heavy atom. The van der Waals surface area contributed by atoms with Gasteiger partial charge >= 0.3 is 5.97 Å². The second-order valence-corrected chi connectivity index (χ2v) is 5.58. The largest absolute Gasteiger partial charge is 0.491 e. The number of hydrogen-bond acceptors (Lipinski definition) is 4. The van der Waals surface area contributed by atoms with Gasteiger partial charge in [-0.15, -0.1) is 0 Å². The first kappa shape index (κ1) is 14.9. The number of aryl methyl sites for hydroxylation is 1. The van der Waals surface area contributed by atoms with E-state index < -0.39 is 5.54 Å². The van der Waals surface area contributed by atoms with Crippen LogP contribution in [0.2, 0.25) is 0 Å². The molecule has 2 rings (SSSR count). The molecule has 1 unspecified atom stereocenters. The van der Waals surface area contributed by atoms with Crippen molar-refractivity contribution in [3.63, 3.8) is 0 Å². The number of esters is 1. The van der Waals surface area contributed by atoms with Gasteiger partial charge in [-0.3, -0.25) is 5.32 Å². The van der Waals surface area contributed by atoms with Crippen LogP contribution in [0, 0.1) is 6.92 Å². The Morgan fingerprint density at radius 1 is 1.45 bits per heavy atom. The molecule has 4 heteroatoms. The molecule has 0 saturated heterocycles. The first-order chi connectivity index (χ1) is 9.53. The van der Waals surface area contributed by atoms with Gasteiger partial charge in [-0.2, -0.15) is 0 Å². The van der Waals surface area contributed by atoms with Crippen molar-refractivity contribution < 1.29 is 14.3 Å². The fourth-order valence-electron chi connectivity index (χ4n) is 2.06. The number of carbonyl (C=O) groups is 1. The van der Waals surface area contributed by atoms with Crippen molar-refractivity contribution in [1.82, 2.24) is 5.32 Å². The number of nitrogens with one attached hydrogen (secondary N) is 1. The van der Waals surface area contributed by atoms with Crippen LogP contribution in [0.5, 0.6) is 5.75 Å². The highest BCUT2D eigenvalue weighted by atomic mass is 16.5. The molecule has 0 radical (unpaired) electrons. The minimum Gasteiger partial charge on any atom is -0.491 e. The molecule has 110 valence electrons. The lowest BCUT2D eigenvalue weighted by Crippen LogP contribution is -2.55. The van der Waals surface area contributed by atoms with E-state index in [0.29, 0.717) is 12.6 Å². The topological polar surface area (TPSA) is 47.6 Å². The van der Waals surface area contributed by atoms with Crippen LogP contribution in [0.1, 0.15) is 32.3 Å². The quantitative estimate of drug-likeness (QED) is 0.778. The van der Waals surface area contributed by atoms with Gasteiger partial charge in [0.25, 0.3) is 0 Å². The molecule has 1 aliphatic rings. The van der Waals surface area contributed by atoms with Crippen molar-refractivity contribution in [3.05, 3.63) is 29.8 Å². The Morgan fingerprint density at radius 3 is 2.80 bits per heavy atom. The van der Waals surface area contributed by atoms with Crippen molar-refractivity contribution in [2.75, 3.05) is 13.2 Å². The van der Waals surface area contributed by atoms with Crippen LogP contribution < -0.4 is 10.1 Å². The van der Waals surface area contributed by atoms with Crippen LogP contribution in [0.25, 0.3) is 0 Å². The van der Waals surface area contributed by atoms with Crippen LogP contribution >= 0.6 is 0 Å². The summed E-state index contributed by atoms with van der Waals surface area (Å²) in [4.78, 5) is 12.2. The summed E-state index contributed by atoms with van der Waals surface area (Å²) in [5, 5.41) is 3.34. The fraction of sp³-hybridized carbons (Fsp3) is 0.562. The molecule has 1 fully saturated rings. The highest BCUT2D eigenvalue weighted by Crippen LogP contribution is 2.24. The average Bonchev–Trinajstić information content (AvgIpc) is 3.21. The number of ether oxygens (including phenoxy) is 2. The van der Waals surface area contributed by atoms with Crippen molar-refractivity contribution in [3.8, 4) is 5.75 Å². The highest BCUT2D eigenvalue weighted by Gasteiger charge is 2.40. The molecule has 1 aromatic rings. The lowest BCUT2D eigenvalue weighted by molar-refractivity contribution is -0.152. The van der Waals surface area contributed by atoms with Gasteiger partial charge < -0.3 is 9.47 Å². The summed E-state index contributed by atoms with van der Waals surface area (Å²) in [5.41, 5.74) is 0.344. The number of hydrogen-bond donors (Lipinski definition) is 1. The zero-order valence-electron chi connectivity index (χ0n) is 12.4. The Hall–Kier alpha value is -1.55. The highest BCUT2D eigenvalue weighted by molar-refractivity contribution is 5.80. The third kappa shape index (κ3) is 3.97. The van der Waals surface area contributed by atoms with E-state index in [1.54, 1.807) is 0 Å². The van der Waals surface area contributed by atoms with Crippen molar-refractivity contribution in [1.29, 1.82) is 0 Å². The van der Waals surface area contributed by atoms with Gasteiger partial charge in [0.15, 0.2) is 0 Å². The minimum atomic E-state index is -0.791. The summed E-state index contributed by atoms with van der Waals surface area (Å²) in [5.74, 6) is 0.526. The summed E-state index contributed by atoms with van der Waals surface area (Å²) < 4.78 is 11.0. The van der Waals surface area contributed by atoms with Crippen molar-refractivity contribution in [2.45, 2.75) is 45.2 Å². The Labute approximate surface area is 120 Å². The Balaban J connectivity index is 2.01. The second-order valence-electron chi connectivity index (χ2n) is 5.58. The van der Waals surface area contributed by atoms with Crippen molar-refractivity contribution >= 4 is 5.97 Å². The molecule has 20 heavy (non-hydrogen) atoms. The van der Waals surface area contributed by atoms with Gasteiger partial charge in [0.05, 0.1) is 6.61 Å². The number of carbonyl (C=O) groups excluding carboxylic acids is 1. The van der Waals surface area contributed by atoms with Crippen LogP contribution in [0.3, 0.4) is 0 Å². The van der Waals surface area contributed by atoms with Crippen LogP contribution in [-0.2, 0) is 9.53 Å². The summed E-state index contributed by atoms with van der Waals surface area (Å²) in [6.45, 7) is 6.33. The van der Waals surface area contributed by atoms with E-state index in [0.717, 1.165) is 24.2 Å². The molecule has 1 aliphatic carbocycles. The smallest absolute Gasteiger partial charge is 0.329 e. The zero-order chi connectivity index (χ0) is 14.6. The van der Waals surface area contributed by atoms with Crippen LogP contribution in [0.4, 0.5) is 0 Å². The Kier molecular flexibility index (Phi) is 4.65. The molecule has 1 N–H and O–H groups in total. The molecular formula is C16H23NO3. The molecule has 0 aliphatic heterocycles. The lowest BCUT2D eigenvalue weighted by atomic mass is 10.0. The molecular weight excluding hydrogens is 254 g/mol. The van der Waals surface area contributed by atoms with Gasteiger partial charge in [-0.1, -0.05) is 12.1 Å². The average molecular weight is 277 g/mol. The molecule has 1 saturated carbocycles. The van der Waals surface area contributed by atoms with E-state index in [9.17, 15) is 4.79 Å². The molecule has 1 atom stereocenters. The summed E-state index contributed by atoms with van der Waals surface area (Å²) in [7, 11) is 0. The van der Waals surface area contributed by atoms with Gasteiger partial charge in [0.1, 0.15) is 17.9 Å². The van der Waals surface area contributed by atoms with E-state index in [1.165, 1.54) is 0 Å².